The third kappa shape index (κ3) is 5.18. The van der Waals surface area contributed by atoms with Crippen molar-refractivity contribution in [2.75, 3.05) is 26.2 Å². The average Bonchev–Trinajstić information content (AvgIpc) is 3.09. The van der Waals surface area contributed by atoms with E-state index < -0.39 is 16.0 Å². The summed E-state index contributed by atoms with van der Waals surface area (Å²) in [5.74, 6) is 0.430. The Hall–Kier alpha value is -1.69. The van der Waals surface area contributed by atoms with Gasteiger partial charge in [0.05, 0.1) is 0 Å². The van der Waals surface area contributed by atoms with Gasteiger partial charge in [0.2, 0.25) is 5.91 Å². The van der Waals surface area contributed by atoms with Crippen LogP contribution in [-0.4, -0.2) is 57.3 Å². The van der Waals surface area contributed by atoms with Crippen molar-refractivity contribution < 1.29 is 13.8 Å². The van der Waals surface area contributed by atoms with Gasteiger partial charge in [-0.05, 0) is 50.3 Å². The zero-order chi connectivity index (χ0) is 19.2. The van der Waals surface area contributed by atoms with E-state index in [4.69, 9.17) is 0 Å². The number of likely N-dealkylation sites (tertiary alicyclic amines) is 2. The van der Waals surface area contributed by atoms with E-state index in [1.54, 1.807) is 6.92 Å². The highest BCUT2D eigenvalue weighted by atomic mass is 32.2. The molecule has 2 unspecified atom stereocenters. The third-order valence-electron chi connectivity index (χ3n) is 5.56. The SMILES string of the molecule is CC(C(=O)N1CCCCCC1)S(=O)Cc1ccc(C(=O)N2CCCC2)cc1. The second-order valence-corrected chi connectivity index (χ2v) is 9.36. The standard InChI is InChI=1S/C21H30N2O3S/c1-17(20(24)22-12-4-2-3-5-13-22)27(26)16-18-8-10-19(11-9-18)21(25)23-14-6-7-15-23/h8-11,17H,2-7,12-16H2,1H3. The number of amides is 2. The Morgan fingerprint density at radius 2 is 1.41 bits per heavy atom. The van der Waals surface area contributed by atoms with Gasteiger partial charge in [0.15, 0.2) is 0 Å². The normalized spacial score (nSPS) is 20.2. The molecule has 6 heteroatoms. The lowest BCUT2D eigenvalue weighted by molar-refractivity contribution is -0.130. The van der Waals surface area contributed by atoms with Gasteiger partial charge in [-0.1, -0.05) is 25.0 Å². The molecule has 2 aliphatic heterocycles. The molecule has 2 amide bonds. The molecule has 148 valence electrons. The molecule has 2 saturated heterocycles. The van der Waals surface area contributed by atoms with E-state index in [9.17, 15) is 13.8 Å². The van der Waals surface area contributed by atoms with Crippen LogP contribution in [0.25, 0.3) is 0 Å². The summed E-state index contributed by atoms with van der Waals surface area (Å²) in [6, 6.07) is 7.36. The molecular formula is C21H30N2O3S. The van der Waals surface area contributed by atoms with Crippen LogP contribution in [0, 0.1) is 0 Å². The zero-order valence-electron chi connectivity index (χ0n) is 16.2. The smallest absolute Gasteiger partial charge is 0.253 e. The molecule has 0 aliphatic carbocycles. The minimum atomic E-state index is -1.26. The summed E-state index contributed by atoms with van der Waals surface area (Å²) in [6.07, 6.45) is 6.57. The van der Waals surface area contributed by atoms with Gasteiger partial charge in [-0.15, -0.1) is 0 Å². The summed E-state index contributed by atoms with van der Waals surface area (Å²) >= 11 is 0. The summed E-state index contributed by atoms with van der Waals surface area (Å²) < 4.78 is 12.7. The van der Waals surface area contributed by atoms with Crippen LogP contribution in [0.3, 0.4) is 0 Å². The first-order chi connectivity index (χ1) is 13.1. The van der Waals surface area contributed by atoms with Gasteiger partial charge in [-0.25, -0.2) is 0 Å². The lowest BCUT2D eigenvalue weighted by Crippen LogP contribution is -2.40. The molecule has 27 heavy (non-hydrogen) atoms. The minimum absolute atomic E-state index is 0.0102. The van der Waals surface area contributed by atoms with Crippen LogP contribution in [0.15, 0.2) is 24.3 Å². The lowest BCUT2D eigenvalue weighted by Gasteiger charge is -2.23. The van der Waals surface area contributed by atoms with Crippen LogP contribution in [0.2, 0.25) is 0 Å². The summed E-state index contributed by atoms with van der Waals surface area (Å²) in [7, 11) is -1.26. The number of carbonyl (C=O) groups is 2. The highest BCUT2D eigenvalue weighted by Gasteiger charge is 2.26. The Morgan fingerprint density at radius 1 is 0.889 bits per heavy atom. The van der Waals surface area contributed by atoms with E-state index in [-0.39, 0.29) is 11.8 Å². The Balaban J connectivity index is 1.56. The Labute approximate surface area is 164 Å². The monoisotopic (exact) mass is 390 g/mol. The summed E-state index contributed by atoms with van der Waals surface area (Å²) in [5, 5.41) is -0.492. The topological polar surface area (TPSA) is 57.7 Å². The maximum Gasteiger partial charge on any atom is 0.253 e. The summed E-state index contributed by atoms with van der Waals surface area (Å²) in [5.41, 5.74) is 1.59. The summed E-state index contributed by atoms with van der Waals surface area (Å²) in [6.45, 7) is 5.01. The number of hydrogen-bond acceptors (Lipinski definition) is 3. The van der Waals surface area contributed by atoms with Gasteiger partial charge in [0.25, 0.3) is 5.91 Å². The van der Waals surface area contributed by atoms with E-state index in [0.717, 1.165) is 57.4 Å². The second kappa shape index (κ2) is 9.49. The fraction of sp³-hybridized carbons (Fsp3) is 0.619. The number of hydrogen-bond donors (Lipinski definition) is 0. The first-order valence-electron chi connectivity index (χ1n) is 10.1. The van der Waals surface area contributed by atoms with Crippen molar-refractivity contribution in [3.63, 3.8) is 0 Å². The molecule has 2 heterocycles. The van der Waals surface area contributed by atoms with E-state index in [0.29, 0.717) is 11.3 Å². The molecule has 0 spiro atoms. The molecule has 1 aromatic rings. The van der Waals surface area contributed by atoms with Crippen LogP contribution in [0.4, 0.5) is 0 Å². The largest absolute Gasteiger partial charge is 0.342 e. The minimum Gasteiger partial charge on any atom is -0.342 e. The molecule has 2 fully saturated rings. The van der Waals surface area contributed by atoms with E-state index in [1.165, 1.54) is 12.8 Å². The van der Waals surface area contributed by atoms with Crippen molar-refractivity contribution in [2.45, 2.75) is 56.5 Å². The predicted molar refractivity (Wildman–Crippen MR) is 108 cm³/mol. The molecule has 1 aromatic carbocycles. The van der Waals surface area contributed by atoms with Crippen LogP contribution >= 0.6 is 0 Å². The van der Waals surface area contributed by atoms with Crippen LogP contribution in [-0.2, 0) is 21.3 Å². The average molecular weight is 391 g/mol. The van der Waals surface area contributed by atoms with Crippen molar-refractivity contribution in [1.82, 2.24) is 9.80 Å². The predicted octanol–water partition coefficient (Wildman–Crippen LogP) is 2.96. The Bertz CT molecular complexity index is 675. The first-order valence-corrected chi connectivity index (χ1v) is 11.5. The van der Waals surface area contributed by atoms with Gasteiger partial charge in [0, 0.05) is 48.3 Å². The van der Waals surface area contributed by atoms with Crippen LogP contribution in [0.1, 0.15) is 61.4 Å². The fourth-order valence-corrected chi connectivity index (χ4v) is 4.94. The van der Waals surface area contributed by atoms with Gasteiger partial charge in [-0.2, -0.15) is 0 Å². The van der Waals surface area contributed by atoms with Crippen molar-refractivity contribution >= 4 is 22.6 Å². The number of rotatable bonds is 5. The van der Waals surface area contributed by atoms with Gasteiger partial charge < -0.3 is 9.80 Å². The van der Waals surface area contributed by atoms with Crippen LogP contribution < -0.4 is 0 Å². The summed E-state index contributed by atoms with van der Waals surface area (Å²) in [4.78, 5) is 28.8. The first kappa shape index (κ1) is 20.1. The zero-order valence-corrected chi connectivity index (χ0v) is 17.0. The van der Waals surface area contributed by atoms with Crippen molar-refractivity contribution in [1.29, 1.82) is 0 Å². The Kier molecular flexibility index (Phi) is 7.05. The molecule has 0 aromatic heterocycles. The molecule has 0 saturated carbocycles. The lowest BCUT2D eigenvalue weighted by atomic mass is 10.1. The highest BCUT2D eigenvalue weighted by Crippen LogP contribution is 2.17. The van der Waals surface area contributed by atoms with E-state index in [1.807, 2.05) is 34.1 Å². The molecule has 5 nitrogen and oxygen atoms in total. The van der Waals surface area contributed by atoms with Gasteiger partial charge in [-0.3, -0.25) is 13.8 Å². The number of carbonyl (C=O) groups excluding carboxylic acids is 2. The van der Waals surface area contributed by atoms with E-state index in [2.05, 4.69) is 0 Å². The van der Waals surface area contributed by atoms with Crippen molar-refractivity contribution in [3.05, 3.63) is 35.4 Å². The maximum absolute atomic E-state index is 12.7. The third-order valence-corrected chi connectivity index (χ3v) is 7.17. The molecule has 2 aliphatic rings. The van der Waals surface area contributed by atoms with Crippen molar-refractivity contribution in [2.24, 2.45) is 0 Å². The van der Waals surface area contributed by atoms with Gasteiger partial charge in [0.1, 0.15) is 5.25 Å². The molecule has 0 radical (unpaired) electrons. The maximum atomic E-state index is 12.7. The molecule has 3 rings (SSSR count). The quantitative estimate of drug-likeness (QED) is 0.777. The van der Waals surface area contributed by atoms with Crippen LogP contribution in [0.5, 0.6) is 0 Å². The number of benzene rings is 1. The van der Waals surface area contributed by atoms with Crippen molar-refractivity contribution in [3.8, 4) is 0 Å². The van der Waals surface area contributed by atoms with Gasteiger partial charge >= 0.3 is 0 Å². The Morgan fingerprint density at radius 3 is 2.00 bits per heavy atom. The number of nitrogens with zero attached hydrogens (tertiary/aromatic N) is 2. The second-order valence-electron chi connectivity index (χ2n) is 7.60. The molecule has 2 atom stereocenters. The molecular weight excluding hydrogens is 360 g/mol. The molecule has 0 N–H and O–H groups in total. The highest BCUT2D eigenvalue weighted by molar-refractivity contribution is 7.85. The fourth-order valence-electron chi connectivity index (χ4n) is 3.80. The molecule has 0 bridgehead atoms. The van der Waals surface area contributed by atoms with E-state index >= 15 is 0 Å².